The van der Waals surface area contributed by atoms with E-state index in [-0.39, 0.29) is 5.91 Å². The summed E-state index contributed by atoms with van der Waals surface area (Å²) in [6.07, 6.45) is -0.594. The lowest BCUT2D eigenvalue weighted by molar-refractivity contribution is -0.127. The van der Waals surface area contributed by atoms with Crippen molar-refractivity contribution >= 4 is 5.91 Å². The fraction of sp³-hybridized carbons (Fsp3) is 0.409. The van der Waals surface area contributed by atoms with Gasteiger partial charge in [-0.05, 0) is 30.2 Å². The first-order valence-electron chi connectivity index (χ1n) is 9.60. The van der Waals surface area contributed by atoms with E-state index in [4.69, 9.17) is 14.2 Å². The van der Waals surface area contributed by atoms with Gasteiger partial charge in [-0.1, -0.05) is 30.3 Å². The monoisotopic (exact) mass is 384 g/mol. The van der Waals surface area contributed by atoms with E-state index in [1.807, 2.05) is 24.3 Å². The van der Waals surface area contributed by atoms with Gasteiger partial charge in [0.05, 0.1) is 20.3 Å². The first-order chi connectivity index (χ1) is 13.6. The number of benzene rings is 2. The van der Waals surface area contributed by atoms with E-state index < -0.39 is 6.10 Å². The second-order valence-electron chi connectivity index (χ2n) is 6.87. The predicted molar refractivity (Wildman–Crippen MR) is 107 cm³/mol. The van der Waals surface area contributed by atoms with Crippen LogP contribution >= 0.6 is 0 Å². The minimum Gasteiger partial charge on any atom is -0.497 e. The smallest absolute Gasteiger partial charge is 0.261 e. The van der Waals surface area contributed by atoms with Crippen molar-refractivity contribution in [2.75, 3.05) is 33.4 Å². The summed E-state index contributed by atoms with van der Waals surface area (Å²) >= 11 is 0. The average molecular weight is 384 g/mol. The molecule has 0 aromatic heterocycles. The summed E-state index contributed by atoms with van der Waals surface area (Å²) in [7, 11) is 1.60. The molecular formula is C22H28N2O4. The molecular weight excluding hydrogens is 356 g/mol. The van der Waals surface area contributed by atoms with Crippen LogP contribution in [0.2, 0.25) is 0 Å². The summed E-state index contributed by atoms with van der Waals surface area (Å²) in [6, 6.07) is 15.6. The Balaban J connectivity index is 1.50. The summed E-state index contributed by atoms with van der Waals surface area (Å²) in [5.41, 5.74) is 2.32. The van der Waals surface area contributed by atoms with Crippen LogP contribution in [0.25, 0.3) is 0 Å². The van der Waals surface area contributed by atoms with E-state index in [0.717, 1.165) is 38.4 Å². The number of carbonyl (C=O) groups is 1. The first-order valence-corrected chi connectivity index (χ1v) is 9.60. The summed E-state index contributed by atoms with van der Waals surface area (Å²) < 4.78 is 16.3. The third-order valence-corrected chi connectivity index (χ3v) is 4.69. The van der Waals surface area contributed by atoms with Gasteiger partial charge in [-0.15, -0.1) is 0 Å². The molecule has 1 aliphatic heterocycles. The van der Waals surface area contributed by atoms with E-state index in [1.54, 1.807) is 26.2 Å². The molecule has 0 spiro atoms. The fourth-order valence-corrected chi connectivity index (χ4v) is 3.12. The molecule has 1 fully saturated rings. The lowest BCUT2D eigenvalue weighted by Crippen LogP contribution is -2.36. The third kappa shape index (κ3) is 5.97. The highest BCUT2D eigenvalue weighted by Gasteiger charge is 2.15. The number of rotatable bonds is 8. The predicted octanol–water partition coefficient (Wildman–Crippen LogP) is 2.61. The highest BCUT2D eigenvalue weighted by molar-refractivity contribution is 5.80. The Morgan fingerprint density at radius 1 is 1.11 bits per heavy atom. The standard InChI is InChI=1S/C22H28N2O4/c1-17(28-21-8-4-7-20(14-21)26-2)22(25)23-15-18-5-3-6-19(13-18)16-24-9-11-27-12-10-24/h3-8,13-14,17H,9-12,15-16H2,1-2H3,(H,23,25). The van der Waals surface area contributed by atoms with Gasteiger partial charge in [-0.3, -0.25) is 9.69 Å². The Morgan fingerprint density at radius 3 is 2.61 bits per heavy atom. The van der Waals surface area contributed by atoms with Crippen molar-refractivity contribution in [1.82, 2.24) is 10.2 Å². The van der Waals surface area contributed by atoms with Gasteiger partial charge in [0.1, 0.15) is 11.5 Å². The first kappa shape index (κ1) is 20.2. The summed E-state index contributed by atoms with van der Waals surface area (Å²) in [5.74, 6) is 1.15. The van der Waals surface area contributed by atoms with Gasteiger partial charge in [0.2, 0.25) is 0 Å². The number of methoxy groups -OCH3 is 1. The van der Waals surface area contributed by atoms with Crippen LogP contribution in [0.1, 0.15) is 18.1 Å². The zero-order chi connectivity index (χ0) is 19.8. The Labute approximate surface area is 166 Å². The van der Waals surface area contributed by atoms with Crippen molar-refractivity contribution < 1.29 is 19.0 Å². The summed E-state index contributed by atoms with van der Waals surface area (Å²) in [4.78, 5) is 14.8. The number of nitrogens with one attached hydrogen (secondary N) is 1. The van der Waals surface area contributed by atoms with Crippen LogP contribution in [0, 0.1) is 0 Å². The minimum absolute atomic E-state index is 0.151. The van der Waals surface area contributed by atoms with Crippen LogP contribution in [-0.2, 0) is 22.6 Å². The van der Waals surface area contributed by atoms with Crippen molar-refractivity contribution in [3.63, 3.8) is 0 Å². The molecule has 0 radical (unpaired) electrons. The average Bonchev–Trinajstić information content (AvgIpc) is 2.73. The van der Waals surface area contributed by atoms with Gasteiger partial charge in [0.25, 0.3) is 5.91 Å². The molecule has 0 saturated carbocycles. The van der Waals surface area contributed by atoms with Gasteiger partial charge in [0.15, 0.2) is 6.10 Å². The van der Waals surface area contributed by atoms with E-state index in [2.05, 4.69) is 22.3 Å². The van der Waals surface area contributed by atoms with Crippen molar-refractivity contribution in [3.8, 4) is 11.5 Å². The van der Waals surface area contributed by atoms with Crippen LogP contribution in [0.5, 0.6) is 11.5 Å². The van der Waals surface area contributed by atoms with Gasteiger partial charge >= 0.3 is 0 Å². The molecule has 0 bridgehead atoms. The Kier molecular flexibility index (Phi) is 7.28. The molecule has 28 heavy (non-hydrogen) atoms. The Bertz CT molecular complexity index is 775. The topological polar surface area (TPSA) is 60.0 Å². The molecule has 1 saturated heterocycles. The fourth-order valence-electron chi connectivity index (χ4n) is 3.12. The largest absolute Gasteiger partial charge is 0.497 e. The van der Waals surface area contributed by atoms with Crippen molar-refractivity contribution in [2.45, 2.75) is 26.1 Å². The Morgan fingerprint density at radius 2 is 1.82 bits per heavy atom. The number of carbonyl (C=O) groups excluding carboxylic acids is 1. The molecule has 1 aliphatic rings. The van der Waals surface area contributed by atoms with Gasteiger partial charge in [0, 0.05) is 32.2 Å². The number of hydrogen-bond donors (Lipinski definition) is 1. The molecule has 2 aromatic rings. The van der Waals surface area contributed by atoms with Crippen LogP contribution in [-0.4, -0.2) is 50.3 Å². The van der Waals surface area contributed by atoms with Gasteiger partial charge < -0.3 is 19.5 Å². The molecule has 1 atom stereocenters. The SMILES string of the molecule is COc1cccc(OC(C)C(=O)NCc2cccc(CN3CCOCC3)c2)c1. The highest BCUT2D eigenvalue weighted by Crippen LogP contribution is 2.20. The normalized spacial score (nSPS) is 15.6. The molecule has 2 aromatic carbocycles. The number of nitrogens with zero attached hydrogens (tertiary/aromatic N) is 1. The third-order valence-electron chi connectivity index (χ3n) is 4.69. The van der Waals surface area contributed by atoms with Gasteiger partial charge in [-0.2, -0.15) is 0 Å². The minimum atomic E-state index is -0.594. The molecule has 1 unspecified atom stereocenters. The number of hydrogen-bond acceptors (Lipinski definition) is 5. The zero-order valence-corrected chi connectivity index (χ0v) is 16.5. The molecule has 1 amide bonds. The van der Waals surface area contributed by atoms with E-state index >= 15 is 0 Å². The van der Waals surface area contributed by atoms with E-state index in [9.17, 15) is 4.79 Å². The maximum absolute atomic E-state index is 12.4. The second-order valence-corrected chi connectivity index (χ2v) is 6.87. The van der Waals surface area contributed by atoms with Crippen LogP contribution < -0.4 is 14.8 Å². The number of amides is 1. The van der Waals surface area contributed by atoms with Gasteiger partial charge in [-0.25, -0.2) is 0 Å². The Hall–Kier alpha value is -2.57. The zero-order valence-electron chi connectivity index (χ0n) is 16.5. The summed E-state index contributed by atoms with van der Waals surface area (Å²) in [5, 5.41) is 2.95. The number of ether oxygens (including phenoxy) is 3. The van der Waals surface area contributed by atoms with Crippen molar-refractivity contribution in [1.29, 1.82) is 0 Å². The molecule has 6 nitrogen and oxygen atoms in total. The maximum Gasteiger partial charge on any atom is 0.261 e. The maximum atomic E-state index is 12.4. The number of morpholine rings is 1. The highest BCUT2D eigenvalue weighted by atomic mass is 16.5. The second kappa shape index (κ2) is 10.1. The van der Waals surface area contributed by atoms with E-state index in [1.165, 1.54) is 5.56 Å². The quantitative estimate of drug-likeness (QED) is 0.758. The molecule has 150 valence electrons. The molecule has 1 heterocycles. The molecule has 1 N–H and O–H groups in total. The van der Waals surface area contributed by atoms with Crippen molar-refractivity contribution in [3.05, 3.63) is 59.7 Å². The van der Waals surface area contributed by atoms with E-state index in [0.29, 0.717) is 18.0 Å². The lowest BCUT2D eigenvalue weighted by Gasteiger charge is -2.26. The lowest BCUT2D eigenvalue weighted by atomic mass is 10.1. The molecule has 6 heteroatoms. The van der Waals surface area contributed by atoms with Crippen LogP contribution in [0.15, 0.2) is 48.5 Å². The van der Waals surface area contributed by atoms with Crippen molar-refractivity contribution in [2.24, 2.45) is 0 Å². The molecule has 0 aliphatic carbocycles. The molecule has 3 rings (SSSR count). The summed E-state index contributed by atoms with van der Waals surface area (Å²) in [6.45, 7) is 6.62. The van der Waals surface area contributed by atoms with Crippen LogP contribution in [0.4, 0.5) is 0 Å². The van der Waals surface area contributed by atoms with Crippen LogP contribution in [0.3, 0.4) is 0 Å².